The monoisotopic (exact) mass is 300 g/mol. The first-order chi connectivity index (χ1) is 8.69. The van der Waals surface area contributed by atoms with E-state index in [2.05, 4.69) is 0 Å². The van der Waals surface area contributed by atoms with Crippen LogP contribution in [0.5, 0.6) is 0 Å². The van der Waals surface area contributed by atoms with E-state index in [1.807, 2.05) is 27.7 Å². The molecule has 0 spiro atoms. The van der Waals surface area contributed by atoms with Gasteiger partial charge in [0.1, 0.15) is 0 Å². The van der Waals surface area contributed by atoms with E-state index in [1.165, 1.54) is 0 Å². The van der Waals surface area contributed by atoms with Gasteiger partial charge >= 0.3 is 7.12 Å². The van der Waals surface area contributed by atoms with E-state index in [1.54, 1.807) is 12.1 Å². The van der Waals surface area contributed by atoms with Crippen molar-refractivity contribution in [3.8, 4) is 0 Å². The van der Waals surface area contributed by atoms with E-state index in [9.17, 15) is 4.79 Å². The van der Waals surface area contributed by atoms with Gasteiger partial charge in [-0.15, -0.1) is 0 Å². The summed E-state index contributed by atoms with van der Waals surface area (Å²) in [6, 6.07) is 3.20. The summed E-state index contributed by atoms with van der Waals surface area (Å²) in [4.78, 5) is 11.0. The summed E-state index contributed by atoms with van der Waals surface area (Å²) >= 11 is 12.4. The van der Waals surface area contributed by atoms with E-state index < -0.39 is 18.3 Å². The predicted octanol–water partition coefficient (Wildman–Crippen LogP) is 3.11. The molecule has 1 aromatic rings. The van der Waals surface area contributed by atoms with Crippen LogP contribution in [0.3, 0.4) is 0 Å². The van der Waals surface area contributed by atoms with Gasteiger partial charge in [-0.3, -0.25) is 4.79 Å². The van der Waals surface area contributed by atoms with Crippen LogP contribution in [0.4, 0.5) is 0 Å². The fraction of sp³-hybridized carbons (Fsp3) is 0.462. The first kappa shape index (κ1) is 14.9. The summed E-state index contributed by atoms with van der Waals surface area (Å²) in [5.74, 6) is 0. The summed E-state index contributed by atoms with van der Waals surface area (Å²) in [6.45, 7) is 7.77. The van der Waals surface area contributed by atoms with Crippen LogP contribution in [0.1, 0.15) is 38.1 Å². The number of benzene rings is 1. The molecular weight excluding hydrogens is 286 g/mol. The van der Waals surface area contributed by atoms with Crippen LogP contribution in [0, 0.1) is 0 Å². The lowest BCUT2D eigenvalue weighted by Crippen LogP contribution is -2.41. The van der Waals surface area contributed by atoms with Crippen LogP contribution in [0.15, 0.2) is 12.1 Å². The van der Waals surface area contributed by atoms with Gasteiger partial charge in [-0.1, -0.05) is 23.2 Å². The third-order valence-electron chi connectivity index (χ3n) is 3.77. The molecule has 0 atom stereocenters. The van der Waals surface area contributed by atoms with Crippen LogP contribution in [-0.4, -0.2) is 24.6 Å². The summed E-state index contributed by atoms with van der Waals surface area (Å²) in [7, 11) is -0.676. The normalized spacial score (nSPS) is 20.6. The minimum atomic E-state index is -0.676. The number of hydrogen-bond acceptors (Lipinski definition) is 3. The average molecular weight is 301 g/mol. The van der Waals surface area contributed by atoms with Crippen molar-refractivity contribution in [2.45, 2.75) is 38.9 Å². The molecule has 6 heteroatoms. The summed E-state index contributed by atoms with van der Waals surface area (Å²) in [6.07, 6.45) is 0.688. The van der Waals surface area contributed by atoms with Gasteiger partial charge in [-0.05, 0) is 39.8 Å². The quantitative estimate of drug-likeness (QED) is 0.622. The molecule has 0 saturated carbocycles. The second-order valence-electron chi connectivity index (χ2n) is 5.57. The SMILES string of the molecule is CC1(C)OB(c2c(Cl)ccc(C=O)c2Cl)OC1(C)C. The number of hydrogen-bond donors (Lipinski definition) is 0. The fourth-order valence-corrected chi connectivity index (χ4v) is 2.45. The molecule has 0 unspecified atom stereocenters. The number of aldehydes is 1. The maximum absolute atomic E-state index is 11.0. The van der Waals surface area contributed by atoms with Crippen LogP contribution in [0.25, 0.3) is 0 Å². The van der Waals surface area contributed by atoms with E-state index in [0.29, 0.717) is 22.3 Å². The minimum absolute atomic E-state index is 0.279. The zero-order valence-corrected chi connectivity index (χ0v) is 12.8. The summed E-state index contributed by atoms with van der Waals surface area (Å²) in [5.41, 5.74) is -0.0920. The van der Waals surface area contributed by atoms with E-state index in [4.69, 9.17) is 32.5 Å². The van der Waals surface area contributed by atoms with Crippen molar-refractivity contribution in [2.75, 3.05) is 0 Å². The number of carbonyl (C=O) groups is 1. The molecule has 0 N–H and O–H groups in total. The molecule has 0 radical (unpaired) electrons. The second-order valence-corrected chi connectivity index (χ2v) is 6.36. The van der Waals surface area contributed by atoms with Gasteiger partial charge in [-0.25, -0.2) is 0 Å². The third kappa shape index (κ3) is 2.43. The topological polar surface area (TPSA) is 35.5 Å². The Kier molecular flexibility index (Phi) is 3.73. The van der Waals surface area contributed by atoms with Crippen LogP contribution in [0.2, 0.25) is 10.0 Å². The standard InChI is InChI=1S/C13H15BCl2O3/c1-12(2)13(3,4)19-14(18-12)10-9(15)6-5-8(7-17)11(10)16/h5-7H,1-4H3. The first-order valence-corrected chi connectivity index (χ1v) is 6.74. The van der Waals surface area contributed by atoms with Gasteiger partial charge in [0, 0.05) is 16.0 Å². The molecule has 1 aliphatic heterocycles. The van der Waals surface area contributed by atoms with Gasteiger partial charge in [0.25, 0.3) is 0 Å². The maximum atomic E-state index is 11.0. The smallest absolute Gasteiger partial charge is 0.399 e. The lowest BCUT2D eigenvalue weighted by Gasteiger charge is -2.32. The minimum Gasteiger partial charge on any atom is -0.399 e. The number of rotatable bonds is 2. The van der Waals surface area contributed by atoms with Gasteiger partial charge in [0.15, 0.2) is 6.29 Å². The Morgan fingerprint density at radius 2 is 1.63 bits per heavy atom. The van der Waals surface area contributed by atoms with Crippen LogP contribution in [-0.2, 0) is 9.31 Å². The highest BCUT2D eigenvalue weighted by molar-refractivity contribution is 6.69. The summed E-state index contributed by atoms with van der Waals surface area (Å²) < 4.78 is 11.8. The van der Waals surface area contributed by atoms with Crippen LogP contribution >= 0.6 is 23.2 Å². The van der Waals surface area contributed by atoms with Gasteiger partial charge < -0.3 is 9.31 Å². The fourth-order valence-electron chi connectivity index (χ4n) is 1.85. The van der Waals surface area contributed by atoms with E-state index in [0.717, 1.165) is 0 Å². The maximum Gasteiger partial charge on any atom is 0.497 e. The molecule has 1 fully saturated rings. The Labute approximate surface area is 123 Å². The van der Waals surface area contributed by atoms with E-state index >= 15 is 0 Å². The lowest BCUT2D eigenvalue weighted by molar-refractivity contribution is 0.00578. The zero-order chi connectivity index (χ0) is 14.4. The molecule has 0 amide bonds. The molecule has 1 heterocycles. The molecule has 1 saturated heterocycles. The molecule has 1 aromatic carbocycles. The van der Waals surface area contributed by atoms with Gasteiger partial charge in [0.05, 0.1) is 16.2 Å². The first-order valence-electron chi connectivity index (χ1n) is 5.98. The van der Waals surface area contributed by atoms with Gasteiger partial charge in [-0.2, -0.15) is 0 Å². The second kappa shape index (κ2) is 4.78. The Morgan fingerprint density at radius 1 is 1.11 bits per heavy atom. The Hall–Kier alpha value is -0.545. The van der Waals surface area contributed by atoms with Crippen molar-refractivity contribution in [1.82, 2.24) is 0 Å². The predicted molar refractivity (Wildman–Crippen MR) is 77.6 cm³/mol. The highest BCUT2D eigenvalue weighted by atomic mass is 35.5. The average Bonchev–Trinajstić information content (AvgIpc) is 2.48. The Morgan fingerprint density at radius 3 is 2.11 bits per heavy atom. The van der Waals surface area contributed by atoms with Crippen molar-refractivity contribution < 1.29 is 14.1 Å². The molecule has 102 valence electrons. The molecule has 3 nitrogen and oxygen atoms in total. The van der Waals surface area contributed by atoms with Crippen molar-refractivity contribution >= 4 is 42.1 Å². The molecule has 19 heavy (non-hydrogen) atoms. The zero-order valence-electron chi connectivity index (χ0n) is 11.3. The van der Waals surface area contributed by atoms with Crippen molar-refractivity contribution in [3.63, 3.8) is 0 Å². The lowest BCUT2D eigenvalue weighted by atomic mass is 9.78. The third-order valence-corrected chi connectivity index (χ3v) is 4.52. The number of carbonyl (C=O) groups excluding carboxylic acids is 1. The molecule has 0 aliphatic carbocycles. The highest BCUT2D eigenvalue weighted by Crippen LogP contribution is 2.37. The Balaban J connectivity index is 2.48. The molecular formula is C13H15BCl2O3. The Bertz CT molecular complexity index is 513. The molecule has 0 bridgehead atoms. The largest absolute Gasteiger partial charge is 0.497 e. The van der Waals surface area contributed by atoms with Crippen LogP contribution < -0.4 is 5.46 Å². The number of halogens is 2. The summed E-state index contributed by atoms with van der Waals surface area (Å²) in [5, 5.41) is 0.704. The highest BCUT2D eigenvalue weighted by Gasteiger charge is 2.52. The van der Waals surface area contributed by atoms with E-state index in [-0.39, 0.29) is 5.02 Å². The molecule has 2 rings (SSSR count). The molecule has 0 aromatic heterocycles. The van der Waals surface area contributed by atoms with Crippen molar-refractivity contribution in [2.24, 2.45) is 0 Å². The van der Waals surface area contributed by atoms with Crippen molar-refractivity contribution in [3.05, 3.63) is 27.7 Å². The van der Waals surface area contributed by atoms with Crippen molar-refractivity contribution in [1.29, 1.82) is 0 Å². The molecule has 1 aliphatic rings. The van der Waals surface area contributed by atoms with Gasteiger partial charge in [0.2, 0.25) is 0 Å².